The number of carbonyl (C=O) groups is 6. The average molecular weight is 686 g/mol. The van der Waals surface area contributed by atoms with Gasteiger partial charge in [0.15, 0.2) is 0 Å². The second-order valence-electron chi connectivity index (χ2n) is 12.0. The normalized spacial score (nSPS) is 15.9. The number of anilines is 1. The van der Waals surface area contributed by atoms with Crippen LogP contribution in [-0.4, -0.2) is 162 Å². The second-order valence-corrected chi connectivity index (χ2v) is 12.0. The summed E-state index contributed by atoms with van der Waals surface area (Å²) in [5, 5.41) is 38.0. The maximum atomic E-state index is 13.2. The van der Waals surface area contributed by atoms with Crippen molar-refractivity contribution in [2.75, 3.05) is 96.9 Å². The Balaban J connectivity index is 1.65. The third kappa shape index (κ3) is 14.6. The van der Waals surface area contributed by atoms with Gasteiger partial charge in [-0.3, -0.25) is 48.4 Å². The molecule has 49 heavy (non-hydrogen) atoms. The second kappa shape index (κ2) is 20.0. The Kier molecular flexibility index (Phi) is 15.8. The molecule has 3 amide bonds. The molecule has 6 N–H and O–H groups in total. The molecule has 0 radical (unpaired) electrons. The van der Waals surface area contributed by atoms with E-state index in [0.29, 0.717) is 44.0 Å². The Morgan fingerprint density at radius 2 is 1.08 bits per heavy atom. The summed E-state index contributed by atoms with van der Waals surface area (Å²) in [5.41, 5.74) is 0.927. The minimum absolute atomic E-state index is 0.0316. The largest absolute Gasteiger partial charge is 0.480 e. The van der Waals surface area contributed by atoms with Gasteiger partial charge >= 0.3 is 17.9 Å². The van der Waals surface area contributed by atoms with Gasteiger partial charge in [-0.25, -0.2) is 0 Å². The van der Waals surface area contributed by atoms with Crippen LogP contribution < -0.4 is 16.0 Å². The number of unbranched alkanes of at least 4 members (excludes halogenated alkanes) is 1. The van der Waals surface area contributed by atoms with Crippen LogP contribution in [0.4, 0.5) is 5.69 Å². The van der Waals surface area contributed by atoms with Gasteiger partial charge in [0.25, 0.3) is 5.91 Å². The molecule has 0 aromatic heterocycles. The van der Waals surface area contributed by atoms with Gasteiger partial charge in [0.1, 0.15) is 0 Å². The molecule has 2 aromatic carbocycles. The number of carboxylic acids is 3. The van der Waals surface area contributed by atoms with E-state index in [2.05, 4.69) is 16.0 Å². The summed E-state index contributed by atoms with van der Waals surface area (Å²) in [5.74, 6) is -4.03. The zero-order chi connectivity index (χ0) is 35.8. The topological polar surface area (TPSA) is 212 Å². The van der Waals surface area contributed by atoms with Crippen LogP contribution in [0.5, 0.6) is 0 Å². The number of carboxylic acid groups (broad SMARTS) is 3. The molecule has 0 aliphatic carbocycles. The first-order valence-electron chi connectivity index (χ1n) is 16.3. The molecule has 0 bridgehead atoms. The molecule has 2 aromatic rings. The number of fused-ring (bicyclic) bond motifs is 1. The number of aliphatic carboxylic acids is 3. The zero-order valence-electron chi connectivity index (χ0n) is 27.9. The summed E-state index contributed by atoms with van der Waals surface area (Å²) >= 11 is 0. The molecule has 0 spiro atoms. The number of hydrogen-bond acceptors (Lipinski definition) is 10. The lowest BCUT2D eigenvalue weighted by Crippen LogP contribution is -2.49. The van der Waals surface area contributed by atoms with Gasteiger partial charge in [-0.05, 0) is 41.5 Å². The van der Waals surface area contributed by atoms with E-state index in [4.69, 9.17) is 0 Å². The lowest BCUT2D eigenvalue weighted by atomic mass is 10.1. The lowest BCUT2D eigenvalue weighted by molar-refractivity contribution is -0.140. The first kappa shape index (κ1) is 38.8. The lowest BCUT2D eigenvalue weighted by Gasteiger charge is -2.32. The van der Waals surface area contributed by atoms with E-state index in [1.165, 1.54) is 0 Å². The number of benzene rings is 2. The van der Waals surface area contributed by atoms with E-state index in [0.717, 1.165) is 23.6 Å². The van der Waals surface area contributed by atoms with Gasteiger partial charge in [-0.15, -0.1) is 0 Å². The molecule has 1 aliphatic heterocycles. The van der Waals surface area contributed by atoms with Crippen LogP contribution in [0.3, 0.4) is 0 Å². The number of amides is 3. The van der Waals surface area contributed by atoms with Gasteiger partial charge in [0, 0.05) is 70.2 Å². The van der Waals surface area contributed by atoms with Crippen molar-refractivity contribution >= 4 is 52.1 Å². The SMILES string of the molecule is CCCCNC(=O)CNC(=O)c1ccc2cc(NC(=O)CN3CCN(CC(=O)O)CCN(CC(=O)O)CCN(CC(=O)O)CC3)ccc2c1. The molecule has 0 atom stereocenters. The fraction of sp³-hybridized carbons (Fsp3) is 0.515. The van der Waals surface area contributed by atoms with E-state index < -0.39 is 17.9 Å². The molecular formula is C33H47N7O9. The van der Waals surface area contributed by atoms with Crippen molar-refractivity contribution in [3.63, 3.8) is 0 Å². The molecule has 1 saturated heterocycles. The molecule has 0 saturated carbocycles. The predicted molar refractivity (Wildman–Crippen MR) is 181 cm³/mol. The van der Waals surface area contributed by atoms with Crippen molar-refractivity contribution in [3.8, 4) is 0 Å². The highest BCUT2D eigenvalue weighted by atomic mass is 16.4. The fourth-order valence-electron chi connectivity index (χ4n) is 5.38. The van der Waals surface area contributed by atoms with Gasteiger partial charge in [0.2, 0.25) is 11.8 Å². The third-order valence-electron chi connectivity index (χ3n) is 8.02. The number of nitrogens with one attached hydrogen (secondary N) is 3. The van der Waals surface area contributed by atoms with Crippen molar-refractivity contribution in [3.05, 3.63) is 42.0 Å². The molecule has 1 fully saturated rings. The van der Waals surface area contributed by atoms with Crippen molar-refractivity contribution < 1.29 is 44.1 Å². The van der Waals surface area contributed by atoms with Gasteiger partial charge in [0.05, 0.1) is 32.7 Å². The van der Waals surface area contributed by atoms with Crippen LogP contribution in [0.2, 0.25) is 0 Å². The first-order valence-corrected chi connectivity index (χ1v) is 16.3. The maximum absolute atomic E-state index is 13.2. The van der Waals surface area contributed by atoms with E-state index in [1.807, 2.05) is 11.8 Å². The molecule has 16 heteroatoms. The number of nitrogens with zero attached hydrogens (tertiary/aromatic N) is 4. The Morgan fingerprint density at radius 1 is 0.612 bits per heavy atom. The standard InChI is InChI=1S/C33H47N7O9/c1-2-3-8-34-28(41)19-35-33(49)26-5-4-25-18-27(7-6-24(25)17-26)36-29(42)20-37-9-11-38(21-30(43)44)13-15-40(23-32(47)48)16-14-39(12-10-37)22-31(45)46/h4-7,17-18H,2-3,8-16,19-23H2,1H3,(H,34,41)(H,35,49)(H,36,42)(H,43,44)(H,45,46)(H,47,48). The summed E-state index contributed by atoms with van der Waals surface area (Å²) in [6.07, 6.45) is 1.82. The molecule has 3 rings (SSSR count). The van der Waals surface area contributed by atoms with E-state index in [9.17, 15) is 44.1 Å². The summed E-state index contributed by atoms with van der Waals surface area (Å²) in [4.78, 5) is 79.0. The van der Waals surface area contributed by atoms with Gasteiger partial charge in [-0.2, -0.15) is 0 Å². The van der Waals surface area contributed by atoms with E-state index in [-0.39, 0.29) is 76.6 Å². The van der Waals surface area contributed by atoms with Crippen LogP contribution in [-0.2, 0) is 24.0 Å². The molecule has 0 unspecified atom stereocenters. The first-order chi connectivity index (χ1) is 23.4. The van der Waals surface area contributed by atoms with Crippen molar-refractivity contribution in [1.29, 1.82) is 0 Å². The van der Waals surface area contributed by atoms with Gasteiger partial charge < -0.3 is 31.3 Å². The number of rotatable bonds is 15. The van der Waals surface area contributed by atoms with Crippen LogP contribution in [0.25, 0.3) is 10.8 Å². The highest BCUT2D eigenvalue weighted by Crippen LogP contribution is 2.21. The van der Waals surface area contributed by atoms with Crippen LogP contribution >= 0.6 is 0 Å². The highest BCUT2D eigenvalue weighted by Gasteiger charge is 2.21. The molecule has 16 nitrogen and oxygen atoms in total. The monoisotopic (exact) mass is 685 g/mol. The highest BCUT2D eigenvalue weighted by molar-refractivity contribution is 6.01. The van der Waals surface area contributed by atoms with Crippen molar-refractivity contribution in [2.45, 2.75) is 19.8 Å². The summed E-state index contributed by atoms with van der Waals surface area (Å²) < 4.78 is 0. The van der Waals surface area contributed by atoms with Crippen LogP contribution in [0, 0.1) is 0 Å². The fourth-order valence-corrected chi connectivity index (χ4v) is 5.38. The van der Waals surface area contributed by atoms with E-state index in [1.54, 1.807) is 51.1 Å². The number of hydrogen-bond donors (Lipinski definition) is 6. The summed E-state index contributed by atoms with van der Waals surface area (Å²) in [6, 6.07) is 10.4. The van der Waals surface area contributed by atoms with Crippen LogP contribution in [0.1, 0.15) is 30.1 Å². The summed E-state index contributed by atoms with van der Waals surface area (Å²) in [7, 11) is 0. The molecule has 268 valence electrons. The number of carbonyl (C=O) groups excluding carboxylic acids is 3. The summed E-state index contributed by atoms with van der Waals surface area (Å²) in [6.45, 7) is 4.06. The van der Waals surface area contributed by atoms with Gasteiger partial charge in [-0.1, -0.05) is 25.5 Å². The van der Waals surface area contributed by atoms with E-state index >= 15 is 0 Å². The Morgan fingerprint density at radius 3 is 1.57 bits per heavy atom. The zero-order valence-corrected chi connectivity index (χ0v) is 27.9. The van der Waals surface area contributed by atoms with Crippen molar-refractivity contribution in [2.24, 2.45) is 0 Å². The minimum Gasteiger partial charge on any atom is -0.480 e. The van der Waals surface area contributed by atoms with Crippen LogP contribution in [0.15, 0.2) is 36.4 Å². The Hall–Kier alpha value is -4.64. The minimum atomic E-state index is -1.03. The quantitative estimate of drug-likeness (QED) is 0.135. The molecular weight excluding hydrogens is 638 g/mol. The average Bonchev–Trinajstić information content (AvgIpc) is 3.04. The Bertz CT molecular complexity index is 1440. The smallest absolute Gasteiger partial charge is 0.317 e. The maximum Gasteiger partial charge on any atom is 0.317 e. The molecule has 1 aliphatic rings. The third-order valence-corrected chi connectivity index (χ3v) is 8.02. The molecule has 1 heterocycles. The Labute approximate surface area is 285 Å². The predicted octanol–water partition coefficient (Wildman–Crippen LogP) is -0.100. The van der Waals surface area contributed by atoms with Crippen molar-refractivity contribution in [1.82, 2.24) is 30.2 Å².